The fraction of sp³-hybridized carbons (Fsp3) is 0.190. The molecule has 0 aliphatic carbocycles. The Labute approximate surface area is 168 Å². The van der Waals surface area contributed by atoms with Crippen molar-refractivity contribution in [2.24, 2.45) is 0 Å². The summed E-state index contributed by atoms with van der Waals surface area (Å²) in [6.07, 6.45) is 1.47. The first-order valence-corrected chi connectivity index (χ1v) is 8.89. The highest BCUT2D eigenvalue weighted by atomic mass is 16.5. The molecule has 0 atom stereocenters. The second-order valence-electron chi connectivity index (χ2n) is 6.32. The number of ether oxygens (including phenoxy) is 2. The van der Waals surface area contributed by atoms with Gasteiger partial charge in [-0.15, -0.1) is 0 Å². The van der Waals surface area contributed by atoms with Gasteiger partial charge in [0.25, 0.3) is 11.8 Å². The zero-order valence-electron chi connectivity index (χ0n) is 16.6. The third-order valence-corrected chi connectivity index (χ3v) is 4.53. The van der Waals surface area contributed by atoms with Gasteiger partial charge in [-0.3, -0.25) is 20.4 Å². The first-order chi connectivity index (χ1) is 14.0. The summed E-state index contributed by atoms with van der Waals surface area (Å²) in [6.45, 7) is 3.77. The van der Waals surface area contributed by atoms with Gasteiger partial charge < -0.3 is 9.47 Å². The summed E-state index contributed by atoms with van der Waals surface area (Å²) < 4.78 is 12.0. The summed E-state index contributed by atoms with van der Waals surface area (Å²) in [7, 11) is 2.99. The van der Waals surface area contributed by atoms with Gasteiger partial charge in [-0.05, 0) is 43.7 Å². The molecule has 0 radical (unpaired) electrons. The van der Waals surface area contributed by atoms with Crippen LogP contribution in [0.15, 0.2) is 48.7 Å². The van der Waals surface area contributed by atoms with Gasteiger partial charge in [-0.25, -0.2) is 4.68 Å². The monoisotopic (exact) mass is 394 g/mol. The maximum atomic E-state index is 12.5. The zero-order valence-corrected chi connectivity index (χ0v) is 16.6. The summed E-state index contributed by atoms with van der Waals surface area (Å²) in [5, 5.41) is 4.31. The van der Waals surface area contributed by atoms with E-state index in [1.807, 2.05) is 31.2 Å². The van der Waals surface area contributed by atoms with Gasteiger partial charge in [0.05, 0.1) is 37.4 Å². The van der Waals surface area contributed by atoms with Crippen molar-refractivity contribution < 1.29 is 19.1 Å². The van der Waals surface area contributed by atoms with Crippen molar-refractivity contribution in [3.63, 3.8) is 0 Å². The molecule has 2 amide bonds. The van der Waals surface area contributed by atoms with E-state index in [1.54, 1.807) is 23.7 Å². The molecule has 8 nitrogen and oxygen atoms in total. The molecule has 0 fully saturated rings. The van der Waals surface area contributed by atoms with Crippen LogP contribution < -0.4 is 20.3 Å². The number of amides is 2. The minimum atomic E-state index is -0.483. The van der Waals surface area contributed by atoms with Crippen LogP contribution in [0, 0.1) is 13.8 Å². The molecule has 3 rings (SSSR count). The average molecular weight is 394 g/mol. The summed E-state index contributed by atoms with van der Waals surface area (Å²) in [5.74, 6) is -0.0198. The number of carbonyl (C=O) groups is 2. The van der Waals surface area contributed by atoms with E-state index in [2.05, 4.69) is 16.0 Å². The van der Waals surface area contributed by atoms with Crippen molar-refractivity contribution in [1.29, 1.82) is 0 Å². The van der Waals surface area contributed by atoms with E-state index in [4.69, 9.17) is 9.47 Å². The van der Waals surface area contributed by atoms with Crippen molar-refractivity contribution in [2.75, 3.05) is 14.2 Å². The number of hydrogen-bond acceptors (Lipinski definition) is 5. The number of benzene rings is 2. The Bertz CT molecular complexity index is 1060. The molecule has 8 heteroatoms. The minimum Gasteiger partial charge on any atom is -0.493 e. The lowest BCUT2D eigenvalue weighted by Gasteiger charge is -2.11. The van der Waals surface area contributed by atoms with Crippen molar-refractivity contribution >= 4 is 11.8 Å². The fourth-order valence-corrected chi connectivity index (χ4v) is 2.91. The SMILES string of the molecule is COc1ccc(C(=O)NNC(=O)c2cnn(-c3ccccc3C)c2C)cc1OC. The number of nitrogens with one attached hydrogen (secondary N) is 2. The number of methoxy groups -OCH3 is 2. The first kappa shape index (κ1) is 19.9. The molecular formula is C21H22N4O4. The molecular weight excluding hydrogens is 372 g/mol. The number of para-hydroxylation sites is 1. The summed E-state index contributed by atoms with van der Waals surface area (Å²) in [4.78, 5) is 24.9. The lowest BCUT2D eigenvalue weighted by atomic mass is 10.2. The van der Waals surface area contributed by atoms with E-state index in [-0.39, 0.29) is 0 Å². The molecule has 3 aromatic rings. The van der Waals surface area contributed by atoms with Crippen molar-refractivity contribution in [3.05, 3.63) is 71.0 Å². The van der Waals surface area contributed by atoms with Gasteiger partial charge in [-0.2, -0.15) is 5.10 Å². The molecule has 0 saturated heterocycles. The van der Waals surface area contributed by atoms with Gasteiger partial charge in [0.15, 0.2) is 11.5 Å². The van der Waals surface area contributed by atoms with Crippen LogP contribution in [0.2, 0.25) is 0 Å². The number of aromatic nitrogens is 2. The third-order valence-electron chi connectivity index (χ3n) is 4.53. The Hall–Kier alpha value is -3.81. The van der Waals surface area contributed by atoms with Crippen LogP contribution in [-0.4, -0.2) is 35.8 Å². The highest BCUT2D eigenvalue weighted by Crippen LogP contribution is 2.27. The van der Waals surface area contributed by atoms with E-state index < -0.39 is 11.8 Å². The molecule has 2 aromatic carbocycles. The van der Waals surface area contributed by atoms with Gasteiger partial charge in [0.1, 0.15) is 0 Å². The van der Waals surface area contributed by atoms with Gasteiger partial charge >= 0.3 is 0 Å². The second-order valence-corrected chi connectivity index (χ2v) is 6.32. The van der Waals surface area contributed by atoms with Crippen LogP contribution in [0.3, 0.4) is 0 Å². The molecule has 0 aliphatic rings. The Morgan fingerprint density at radius 1 is 0.931 bits per heavy atom. The normalized spacial score (nSPS) is 10.3. The molecule has 0 bridgehead atoms. The largest absolute Gasteiger partial charge is 0.493 e. The number of rotatable bonds is 5. The average Bonchev–Trinajstić information content (AvgIpc) is 3.12. The molecule has 2 N–H and O–H groups in total. The maximum absolute atomic E-state index is 12.5. The smallest absolute Gasteiger partial charge is 0.273 e. The predicted molar refractivity (Wildman–Crippen MR) is 108 cm³/mol. The Balaban J connectivity index is 1.72. The molecule has 1 heterocycles. The van der Waals surface area contributed by atoms with Crippen LogP contribution in [0.1, 0.15) is 32.0 Å². The van der Waals surface area contributed by atoms with Crippen molar-refractivity contribution in [1.82, 2.24) is 20.6 Å². The molecule has 150 valence electrons. The van der Waals surface area contributed by atoms with Crippen LogP contribution in [0.25, 0.3) is 5.69 Å². The van der Waals surface area contributed by atoms with E-state index in [1.165, 1.54) is 26.5 Å². The van der Waals surface area contributed by atoms with E-state index in [9.17, 15) is 9.59 Å². The van der Waals surface area contributed by atoms with Gasteiger partial charge in [0.2, 0.25) is 0 Å². The molecule has 0 unspecified atom stereocenters. The van der Waals surface area contributed by atoms with Crippen LogP contribution in [0.4, 0.5) is 0 Å². The Kier molecular flexibility index (Phi) is 5.82. The molecule has 0 aliphatic heterocycles. The zero-order chi connectivity index (χ0) is 21.0. The Morgan fingerprint density at radius 3 is 2.31 bits per heavy atom. The minimum absolute atomic E-state index is 0.315. The highest BCUT2D eigenvalue weighted by Gasteiger charge is 2.17. The second kappa shape index (κ2) is 8.47. The summed E-state index contributed by atoms with van der Waals surface area (Å²) in [5.41, 5.74) is 8.08. The van der Waals surface area contributed by atoms with Crippen LogP contribution in [-0.2, 0) is 0 Å². The maximum Gasteiger partial charge on any atom is 0.273 e. The number of nitrogens with zero attached hydrogens (tertiary/aromatic N) is 2. The summed E-state index contributed by atoms with van der Waals surface area (Å²) in [6, 6.07) is 12.5. The molecule has 29 heavy (non-hydrogen) atoms. The Morgan fingerprint density at radius 2 is 1.62 bits per heavy atom. The fourth-order valence-electron chi connectivity index (χ4n) is 2.91. The number of hydrazine groups is 1. The first-order valence-electron chi connectivity index (χ1n) is 8.89. The molecule has 1 aromatic heterocycles. The topological polar surface area (TPSA) is 94.5 Å². The molecule has 0 saturated carbocycles. The third kappa shape index (κ3) is 4.06. The highest BCUT2D eigenvalue weighted by molar-refractivity contribution is 5.99. The number of aryl methyl sites for hydroxylation is 1. The van der Waals surface area contributed by atoms with Gasteiger partial charge in [-0.1, -0.05) is 18.2 Å². The standard InChI is InChI=1S/C21H22N4O4/c1-13-7-5-6-8-17(13)25-14(2)16(12-22-25)21(27)24-23-20(26)15-9-10-18(28-3)19(11-15)29-4/h5-12H,1-4H3,(H,23,26)(H,24,27). The van der Waals surface area contributed by atoms with E-state index in [0.29, 0.717) is 28.3 Å². The van der Waals surface area contributed by atoms with Crippen LogP contribution >= 0.6 is 0 Å². The van der Waals surface area contributed by atoms with E-state index >= 15 is 0 Å². The quantitative estimate of drug-likeness (QED) is 0.649. The van der Waals surface area contributed by atoms with Crippen molar-refractivity contribution in [3.8, 4) is 17.2 Å². The van der Waals surface area contributed by atoms with E-state index in [0.717, 1.165) is 11.3 Å². The molecule has 0 spiro atoms. The lowest BCUT2D eigenvalue weighted by Crippen LogP contribution is -2.41. The predicted octanol–water partition coefficient (Wildman–Crippen LogP) is 2.58. The van der Waals surface area contributed by atoms with Crippen molar-refractivity contribution in [2.45, 2.75) is 13.8 Å². The number of carbonyl (C=O) groups excluding carboxylic acids is 2. The lowest BCUT2D eigenvalue weighted by molar-refractivity contribution is 0.0846. The summed E-state index contributed by atoms with van der Waals surface area (Å²) >= 11 is 0. The van der Waals surface area contributed by atoms with Crippen LogP contribution in [0.5, 0.6) is 11.5 Å². The van der Waals surface area contributed by atoms with Gasteiger partial charge in [0, 0.05) is 5.56 Å². The number of hydrogen-bond donors (Lipinski definition) is 2.